The largest absolute Gasteiger partial charge is 0.508 e. The third kappa shape index (κ3) is 4.02. The Kier molecular flexibility index (Phi) is 5.72. The SMILES string of the molecule is CC(C)Oc1cccc(/C(O)=C2/C(=O)C(=O)N(C3CCCC3)C2c2ccc(O)cc2)c1. The van der Waals surface area contributed by atoms with Gasteiger partial charge in [0.2, 0.25) is 0 Å². The maximum atomic E-state index is 13.1. The molecule has 2 aliphatic rings. The second-order valence-corrected chi connectivity index (χ2v) is 8.43. The zero-order valence-electron chi connectivity index (χ0n) is 17.7. The minimum Gasteiger partial charge on any atom is -0.508 e. The quantitative estimate of drug-likeness (QED) is 0.420. The average Bonchev–Trinajstić information content (AvgIpc) is 3.35. The molecule has 0 radical (unpaired) electrons. The lowest BCUT2D eigenvalue weighted by Gasteiger charge is -2.30. The van der Waals surface area contributed by atoms with Crippen molar-refractivity contribution >= 4 is 17.4 Å². The number of phenols is 1. The van der Waals surface area contributed by atoms with Crippen LogP contribution in [-0.2, 0) is 9.59 Å². The molecule has 1 saturated heterocycles. The number of carbonyl (C=O) groups is 2. The number of benzene rings is 2. The van der Waals surface area contributed by atoms with Crippen molar-refractivity contribution in [3.8, 4) is 11.5 Å². The van der Waals surface area contributed by atoms with E-state index >= 15 is 0 Å². The third-order valence-corrected chi connectivity index (χ3v) is 5.89. The maximum absolute atomic E-state index is 13.1. The van der Waals surface area contributed by atoms with Crippen molar-refractivity contribution in [2.45, 2.75) is 57.7 Å². The number of aromatic hydroxyl groups is 1. The molecule has 6 heteroatoms. The molecular weight excluding hydrogens is 394 g/mol. The van der Waals surface area contributed by atoms with Gasteiger partial charge in [-0.05, 0) is 56.5 Å². The highest BCUT2D eigenvalue weighted by atomic mass is 16.5. The number of rotatable bonds is 5. The molecule has 1 aliphatic carbocycles. The summed E-state index contributed by atoms with van der Waals surface area (Å²) < 4.78 is 5.72. The van der Waals surface area contributed by atoms with E-state index in [9.17, 15) is 19.8 Å². The molecule has 1 atom stereocenters. The molecule has 0 spiro atoms. The number of ether oxygens (including phenoxy) is 1. The summed E-state index contributed by atoms with van der Waals surface area (Å²) in [5.41, 5.74) is 1.18. The molecule has 4 rings (SSSR count). The van der Waals surface area contributed by atoms with Crippen molar-refractivity contribution in [1.82, 2.24) is 4.90 Å². The third-order valence-electron chi connectivity index (χ3n) is 5.89. The molecule has 6 nitrogen and oxygen atoms in total. The first-order chi connectivity index (χ1) is 14.9. The monoisotopic (exact) mass is 421 g/mol. The Balaban J connectivity index is 1.84. The number of aliphatic hydroxyl groups excluding tert-OH is 1. The molecule has 0 bridgehead atoms. The Bertz CT molecular complexity index is 1020. The highest BCUT2D eigenvalue weighted by Crippen LogP contribution is 2.43. The first-order valence-electron chi connectivity index (χ1n) is 10.7. The van der Waals surface area contributed by atoms with Crippen LogP contribution in [0, 0.1) is 0 Å². The smallest absolute Gasteiger partial charge is 0.295 e. The number of phenolic OH excluding ortho intramolecular Hbond substituents is 1. The lowest BCUT2D eigenvalue weighted by molar-refractivity contribution is -0.141. The van der Waals surface area contributed by atoms with Crippen LogP contribution in [0.5, 0.6) is 11.5 Å². The molecular formula is C25H27NO5. The van der Waals surface area contributed by atoms with E-state index in [4.69, 9.17) is 4.74 Å². The van der Waals surface area contributed by atoms with Crippen LogP contribution in [0.3, 0.4) is 0 Å². The van der Waals surface area contributed by atoms with Crippen molar-refractivity contribution < 1.29 is 24.5 Å². The van der Waals surface area contributed by atoms with E-state index in [1.165, 1.54) is 12.1 Å². The zero-order valence-corrected chi connectivity index (χ0v) is 17.7. The Hall–Kier alpha value is -3.28. The van der Waals surface area contributed by atoms with Gasteiger partial charge in [0.25, 0.3) is 11.7 Å². The fourth-order valence-corrected chi connectivity index (χ4v) is 4.54. The Morgan fingerprint density at radius 1 is 1.06 bits per heavy atom. The molecule has 2 aromatic rings. The van der Waals surface area contributed by atoms with Gasteiger partial charge in [-0.15, -0.1) is 0 Å². The molecule has 0 aromatic heterocycles. The molecule has 1 heterocycles. The van der Waals surface area contributed by atoms with Gasteiger partial charge in [-0.3, -0.25) is 9.59 Å². The fourth-order valence-electron chi connectivity index (χ4n) is 4.54. The van der Waals surface area contributed by atoms with E-state index in [0.717, 1.165) is 25.7 Å². The highest BCUT2D eigenvalue weighted by Gasteiger charge is 2.49. The first kappa shape index (κ1) is 21.0. The number of hydrogen-bond acceptors (Lipinski definition) is 5. The van der Waals surface area contributed by atoms with Crippen LogP contribution in [-0.4, -0.2) is 38.9 Å². The first-order valence-corrected chi connectivity index (χ1v) is 10.7. The number of ketones is 1. The predicted molar refractivity (Wildman–Crippen MR) is 117 cm³/mol. The van der Waals surface area contributed by atoms with E-state index in [0.29, 0.717) is 16.9 Å². The summed E-state index contributed by atoms with van der Waals surface area (Å²) in [6.07, 6.45) is 3.63. The van der Waals surface area contributed by atoms with Gasteiger partial charge in [0.1, 0.15) is 17.3 Å². The molecule has 2 fully saturated rings. The van der Waals surface area contributed by atoms with Gasteiger partial charge in [0.15, 0.2) is 0 Å². The predicted octanol–water partition coefficient (Wildman–Crippen LogP) is 4.54. The normalized spacial score (nSPS) is 21.3. The fraction of sp³-hybridized carbons (Fsp3) is 0.360. The lowest BCUT2D eigenvalue weighted by atomic mass is 9.94. The number of carbonyl (C=O) groups excluding carboxylic acids is 2. The van der Waals surface area contributed by atoms with Crippen molar-refractivity contribution in [2.24, 2.45) is 0 Å². The standard InChI is InChI=1S/C25H27NO5/c1-15(2)31-20-9-5-6-17(14-20)23(28)21-22(16-10-12-19(27)13-11-16)26(25(30)24(21)29)18-7-3-4-8-18/h5-6,9-15,18,22,27-28H,3-4,7-8H2,1-2H3/b23-21-. The van der Waals surface area contributed by atoms with Gasteiger partial charge >= 0.3 is 0 Å². The van der Waals surface area contributed by atoms with E-state index in [1.54, 1.807) is 41.3 Å². The topological polar surface area (TPSA) is 87.1 Å². The van der Waals surface area contributed by atoms with Gasteiger partial charge in [-0.1, -0.05) is 37.1 Å². The van der Waals surface area contributed by atoms with Crippen LogP contribution < -0.4 is 4.74 Å². The zero-order chi connectivity index (χ0) is 22.1. The molecule has 1 unspecified atom stereocenters. The molecule has 162 valence electrons. The van der Waals surface area contributed by atoms with Crippen molar-refractivity contribution in [3.63, 3.8) is 0 Å². The Morgan fingerprint density at radius 3 is 2.39 bits per heavy atom. The summed E-state index contributed by atoms with van der Waals surface area (Å²) in [5.74, 6) is -0.810. The minimum absolute atomic E-state index is 0.0395. The second-order valence-electron chi connectivity index (χ2n) is 8.43. The molecule has 1 amide bonds. The van der Waals surface area contributed by atoms with E-state index < -0.39 is 17.7 Å². The Morgan fingerprint density at radius 2 is 1.74 bits per heavy atom. The van der Waals surface area contributed by atoms with Crippen molar-refractivity contribution in [2.75, 3.05) is 0 Å². The van der Waals surface area contributed by atoms with E-state index in [1.807, 2.05) is 13.8 Å². The molecule has 1 saturated carbocycles. The minimum atomic E-state index is -0.696. The van der Waals surface area contributed by atoms with Gasteiger partial charge in [0, 0.05) is 11.6 Å². The summed E-state index contributed by atoms with van der Waals surface area (Å²) in [6, 6.07) is 12.6. The number of nitrogens with zero attached hydrogens (tertiary/aromatic N) is 1. The number of aliphatic hydroxyl groups is 1. The van der Waals surface area contributed by atoms with E-state index in [2.05, 4.69) is 0 Å². The van der Waals surface area contributed by atoms with Gasteiger partial charge < -0.3 is 19.8 Å². The van der Waals surface area contributed by atoms with E-state index in [-0.39, 0.29) is 29.2 Å². The summed E-state index contributed by atoms with van der Waals surface area (Å²) in [4.78, 5) is 27.8. The van der Waals surface area contributed by atoms with Gasteiger partial charge in [-0.25, -0.2) is 0 Å². The number of Topliss-reactive ketones (excluding diaryl/α,β-unsaturated/α-hetero) is 1. The summed E-state index contributed by atoms with van der Waals surface area (Å²) in [7, 11) is 0. The molecule has 1 aliphatic heterocycles. The summed E-state index contributed by atoms with van der Waals surface area (Å²) in [5, 5.41) is 20.9. The number of hydrogen-bond donors (Lipinski definition) is 2. The molecule has 2 N–H and O–H groups in total. The van der Waals surface area contributed by atoms with Crippen LogP contribution in [0.15, 0.2) is 54.1 Å². The molecule has 31 heavy (non-hydrogen) atoms. The van der Waals surface area contributed by atoms with Crippen LogP contribution in [0.2, 0.25) is 0 Å². The van der Waals surface area contributed by atoms with Crippen LogP contribution in [0.25, 0.3) is 5.76 Å². The highest BCUT2D eigenvalue weighted by molar-refractivity contribution is 6.46. The number of amides is 1. The number of likely N-dealkylation sites (tertiary alicyclic amines) is 1. The Labute approximate surface area is 181 Å². The summed E-state index contributed by atoms with van der Waals surface area (Å²) in [6.45, 7) is 3.81. The van der Waals surface area contributed by atoms with Gasteiger partial charge in [0.05, 0.1) is 17.7 Å². The lowest BCUT2D eigenvalue weighted by Crippen LogP contribution is -2.37. The summed E-state index contributed by atoms with van der Waals surface area (Å²) >= 11 is 0. The van der Waals surface area contributed by atoms with Crippen LogP contribution >= 0.6 is 0 Å². The maximum Gasteiger partial charge on any atom is 0.295 e. The van der Waals surface area contributed by atoms with Crippen LogP contribution in [0.1, 0.15) is 56.7 Å². The van der Waals surface area contributed by atoms with Crippen molar-refractivity contribution in [3.05, 3.63) is 65.2 Å². The molecule has 2 aromatic carbocycles. The average molecular weight is 421 g/mol. The van der Waals surface area contributed by atoms with Gasteiger partial charge in [-0.2, -0.15) is 0 Å². The van der Waals surface area contributed by atoms with Crippen molar-refractivity contribution in [1.29, 1.82) is 0 Å². The second kappa shape index (κ2) is 8.46. The van der Waals surface area contributed by atoms with Crippen LogP contribution in [0.4, 0.5) is 0 Å².